The third-order valence-electron chi connectivity index (χ3n) is 5.07. The van der Waals surface area contributed by atoms with E-state index < -0.39 is 29.3 Å². The molecule has 0 bridgehead atoms. The number of hydrogen-bond donors (Lipinski definition) is 0. The minimum atomic E-state index is -4.58. The number of alkyl halides is 6. The molecule has 0 unspecified atom stereocenters. The molecule has 4 aromatic rings. The molecule has 1 heterocycles. The zero-order valence-electron chi connectivity index (χ0n) is 17.8. The Morgan fingerprint density at radius 2 is 1.11 bits per heavy atom. The van der Waals surface area contributed by atoms with Gasteiger partial charge >= 0.3 is 12.4 Å². The summed E-state index contributed by atoms with van der Waals surface area (Å²) in [4.78, 5) is 12.8. The highest BCUT2D eigenvalue weighted by molar-refractivity contribution is 5.56. The number of aromatic nitrogens is 3. The van der Waals surface area contributed by atoms with E-state index >= 15 is 0 Å². The summed E-state index contributed by atoms with van der Waals surface area (Å²) >= 11 is 0. The van der Waals surface area contributed by atoms with E-state index in [0.29, 0.717) is 5.56 Å². The molecule has 0 amide bonds. The quantitative estimate of drug-likeness (QED) is 0.285. The zero-order valence-corrected chi connectivity index (χ0v) is 17.8. The third-order valence-corrected chi connectivity index (χ3v) is 5.07. The first-order valence-corrected chi connectivity index (χ1v) is 10.3. The molecule has 0 N–H and O–H groups in total. The zero-order chi connectivity index (χ0) is 25.2. The summed E-state index contributed by atoms with van der Waals surface area (Å²) in [5, 5.41) is 0. The molecule has 35 heavy (non-hydrogen) atoms. The average Bonchev–Trinajstić information content (AvgIpc) is 2.80. The molecule has 10 heteroatoms. The van der Waals surface area contributed by atoms with Crippen LogP contribution in [0.3, 0.4) is 0 Å². The van der Waals surface area contributed by atoms with E-state index in [9.17, 15) is 30.7 Å². The maximum absolute atomic E-state index is 13.3. The molecule has 3 nitrogen and oxygen atoms in total. The number of halogens is 7. The van der Waals surface area contributed by atoms with Crippen LogP contribution in [0.15, 0.2) is 72.8 Å². The van der Waals surface area contributed by atoms with Crippen LogP contribution < -0.4 is 0 Å². The van der Waals surface area contributed by atoms with Crippen molar-refractivity contribution >= 4 is 0 Å². The number of hydrogen-bond acceptors (Lipinski definition) is 3. The van der Waals surface area contributed by atoms with Crippen molar-refractivity contribution in [1.82, 2.24) is 15.0 Å². The molecular formula is C25H16F7N3. The SMILES string of the molecule is Fc1ccc(Cc2nc(Cc3cccc(C(F)(F)F)c3)nc(-c3cccc(C(F)(F)F)c3)n2)cc1. The molecule has 0 saturated heterocycles. The van der Waals surface area contributed by atoms with Crippen LogP contribution >= 0.6 is 0 Å². The minimum absolute atomic E-state index is 0.0508. The van der Waals surface area contributed by atoms with Gasteiger partial charge in [-0.25, -0.2) is 19.3 Å². The van der Waals surface area contributed by atoms with Crippen LogP contribution in [0.2, 0.25) is 0 Å². The Morgan fingerprint density at radius 1 is 0.571 bits per heavy atom. The number of nitrogens with zero attached hydrogens (tertiary/aromatic N) is 3. The standard InChI is InChI=1S/C25H16F7N3/c26-20-9-7-15(8-10-20)12-21-33-22(13-16-3-1-5-18(11-16)24(27,28)29)35-23(34-21)17-4-2-6-19(14-17)25(30,31)32/h1-11,14H,12-13H2. The summed E-state index contributed by atoms with van der Waals surface area (Å²) < 4.78 is 92.2. The van der Waals surface area contributed by atoms with Crippen LogP contribution in [0, 0.1) is 5.82 Å². The fourth-order valence-electron chi connectivity index (χ4n) is 3.42. The highest BCUT2D eigenvalue weighted by Crippen LogP contribution is 2.32. The van der Waals surface area contributed by atoms with E-state index in [-0.39, 0.29) is 41.4 Å². The van der Waals surface area contributed by atoms with Crippen LogP contribution in [0.5, 0.6) is 0 Å². The molecule has 1 aromatic heterocycles. The van der Waals surface area contributed by atoms with E-state index in [1.807, 2.05) is 0 Å². The third kappa shape index (κ3) is 6.20. The maximum Gasteiger partial charge on any atom is 0.416 e. The first-order chi connectivity index (χ1) is 16.5. The smallest absolute Gasteiger partial charge is 0.217 e. The Bertz CT molecular complexity index is 1330. The van der Waals surface area contributed by atoms with E-state index in [1.54, 1.807) is 0 Å². The molecule has 4 rings (SSSR count). The van der Waals surface area contributed by atoms with Crippen molar-refractivity contribution in [2.45, 2.75) is 25.2 Å². The summed E-state index contributed by atoms with van der Waals surface area (Å²) in [5.74, 6) is -0.227. The fourth-order valence-corrected chi connectivity index (χ4v) is 3.42. The van der Waals surface area contributed by atoms with E-state index in [2.05, 4.69) is 15.0 Å². The van der Waals surface area contributed by atoms with Gasteiger partial charge in [0.15, 0.2) is 5.82 Å². The second-order valence-electron chi connectivity index (χ2n) is 7.75. The first-order valence-electron chi connectivity index (χ1n) is 10.3. The van der Waals surface area contributed by atoms with E-state index in [1.165, 1.54) is 48.5 Å². The van der Waals surface area contributed by atoms with Crippen LogP contribution in [0.25, 0.3) is 11.4 Å². The lowest BCUT2D eigenvalue weighted by molar-refractivity contribution is -0.138. The van der Waals surface area contributed by atoms with Gasteiger partial charge in [-0.05, 0) is 41.5 Å². The number of benzene rings is 3. The van der Waals surface area contributed by atoms with Gasteiger partial charge < -0.3 is 0 Å². The van der Waals surface area contributed by atoms with Crippen LogP contribution in [0.1, 0.15) is 33.9 Å². The van der Waals surface area contributed by atoms with Crippen molar-refractivity contribution in [3.63, 3.8) is 0 Å². The van der Waals surface area contributed by atoms with Crippen LogP contribution in [0.4, 0.5) is 30.7 Å². The fraction of sp³-hybridized carbons (Fsp3) is 0.160. The lowest BCUT2D eigenvalue weighted by Crippen LogP contribution is -2.09. The predicted octanol–water partition coefficient (Wildman–Crippen LogP) is 6.90. The molecule has 0 aliphatic heterocycles. The van der Waals surface area contributed by atoms with Crippen LogP contribution in [-0.4, -0.2) is 15.0 Å². The van der Waals surface area contributed by atoms with E-state index in [0.717, 1.165) is 24.3 Å². The van der Waals surface area contributed by atoms with Crippen molar-refractivity contribution in [1.29, 1.82) is 0 Å². The Morgan fingerprint density at radius 3 is 1.71 bits per heavy atom. The summed E-state index contributed by atoms with van der Waals surface area (Å²) in [6.07, 6.45) is -9.11. The van der Waals surface area contributed by atoms with Crippen molar-refractivity contribution < 1.29 is 30.7 Å². The molecule has 0 aliphatic rings. The first kappa shape index (κ1) is 24.3. The average molecular weight is 491 g/mol. The molecule has 3 aromatic carbocycles. The second-order valence-corrected chi connectivity index (χ2v) is 7.75. The summed E-state index contributed by atoms with van der Waals surface area (Å²) in [5.41, 5.74) is -0.747. The summed E-state index contributed by atoms with van der Waals surface area (Å²) in [7, 11) is 0. The summed E-state index contributed by atoms with van der Waals surface area (Å²) in [6.45, 7) is 0. The maximum atomic E-state index is 13.3. The summed E-state index contributed by atoms with van der Waals surface area (Å²) in [6, 6.07) is 14.6. The van der Waals surface area contributed by atoms with Crippen molar-refractivity contribution in [3.05, 3.63) is 113 Å². The lowest BCUT2D eigenvalue weighted by atomic mass is 10.1. The van der Waals surface area contributed by atoms with Gasteiger partial charge in [0.2, 0.25) is 0 Å². The largest absolute Gasteiger partial charge is 0.416 e. The van der Waals surface area contributed by atoms with E-state index in [4.69, 9.17) is 0 Å². The molecule has 0 spiro atoms. The number of rotatable bonds is 5. The van der Waals surface area contributed by atoms with Crippen molar-refractivity contribution in [2.24, 2.45) is 0 Å². The second kappa shape index (κ2) is 9.44. The van der Waals surface area contributed by atoms with Gasteiger partial charge in [0.05, 0.1) is 11.1 Å². The minimum Gasteiger partial charge on any atom is -0.217 e. The van der Waals surface area contributed by atoms with Gasteiger partial charge in [-0.2, -0.15) is 26.3 Å². The molecule has 0 atom stereocenters. The highest BCUT2D eigenvalue weighted by atomic mass is 19.4. The Labute approximate surface area is 195 Å². The van der Waals surface area contributed by atoms with Gasteiger partial charge in [0, 0.05) is 18.4 Å². The van der Waals surface area contributed by atoms with Gasteiger partial charge in [0.1, 0.15) is 17.5 Å². The van der Waals surface area contributed by atoms with Gasteiger partial charge in [-0.15, -0.1) is 0 Å². The predicted molar refractivity (Wildman–Crippen MR) is 114 cm³/mol. The Hall–Kier alpha value is -3.82. The molecule has 180 valence electrons. The molecule has 0 aliphatic carbocycles. The van der Waals surface area contributed by atoms with Gasteiger partial charge in [-0.3, -0.25) is 0 Å². The van der Waals surface area contributed by atoms with Gasteiger partial charge in [0.25, 0.3) is 0 Å². The van der Waals surface area contributed by atoms with Crippen LogP contribution in [-0.2, 0) is 25.2 Å². The van der Waals surface area contributed by atoms with Gasteiger partial charge in [-0.1, -0.05) is 42.5 Å². The monoisotopic (exact) mass is 491 g/mol. The van der Waals surface area contributed by atoms with Crippen molar-refractivity contribution in [3.8, 4) is 11.4 Å². The highest BCUT2D eigenvalue weighted by Gasteiger charge is 2.31. The Kier molecular flexibility index (Phi) is 6.56. The molecule has 0 fully saturated rings. The lowest BCUT2D eigenvalue weighted by Gasteiger charge is -2.11. The normalized spacial score (nSPS) is 12.1. The molecular weight excluding hydrogens is 475 g/mol. The molecule has 0 radical (unpaired) electrons. The topological polar surface area (TPSA) is 38.7 Å². The van der Waals surface area contributed by atoms with Crippen molar-refractivity contribution in [2.75, 3.05) is 0 Å². The Balaban J connectivity index is 1.75. The molecule has 0 saturated carbocycles.